The molecule has 98 valence electrons. The van der Waals surface area contributed by atoms with Gasteiger partial charge in [-0.15, -0.1) is 0 Å². The number of primary amides is 1. The van der Waals surface area contributed by atoms with Crippen molar-refractivity contribution in [3.63, 3.8) is 0 Å². The molecule has 3 N–H and O–H groups in total. The van der Waals surface area contributed by atoms with Crippen LogP contribution >= 0.6 is 11.8 Å². The summed E-state index contributed by atoms with van der Waals surface area (Å²) >= 11 is 1.55. The summed E-state index contributed by atoms with van der Waals surface area (Å²) in [6, 6.07) is 0.263. The predicted octanol–water partition coefficient (Wildman–Crippen LogP) is 0.873. The van der Waals surface area contributed by atoms with E-state index in [0.717, 1.165) is 29.3 Å². The average Bonchev–Trinajstić information content (AvgIpc) is 3.14. The Bertz CT molecular complexity index is 405. The van der Waals surface area contributed by atoms with Crippen molar-refractivity contribution in [1.29, 1.82) is 0 Å². The SMILES string of the molecule is Cc1cnc(SCCC(NC2CC2)C(N)=O)nc1. The molecule has 2 rings (SSSR count). The summed E-state index contributed by atoms with van der Waals surface area (Å²) in [7, 11) is 0. The molecule has 5 nitrogen and oxygen atoms in total. The Labute approximate surface area is 111 Å². The topological polar surface area (TPSA) is 80.9 Å². The standard InChI is InChI=1S/C12H18N4OS/c1-8-6-14-12(15-7-8)18-5-4-10(11(13)17)16-9-2-3-9/h6-7,9-10,16H,2-5H2,1H3,(H2,13,17). The van der Waals surface area contributed by atoms with E-state index in [2.05, 4.69) is 15.3 Å². The van der Waals surface area contributed by atoms with E-state index < -0.39 is 0 Å². The van der Waals surface area contributed by atoms with Crippen molar-refractivity contribution in [1.82, 2.24) is 15.3 Å². The largest absolute Gasteiger partial charge is 0.368 e. The van der Waals surface area contributed by atoms with E-state index in [1.54, 1.807) is 24.2 Å². The van der Waals surface area contributed by atoms with Crippen LogP contribution in [0.15, 0.2) is 17.6 Å². The first-order chi connectivity index (χ1) is 8.65. The lowest BCUT2D eigenvalue weighted by Gasteiger charge is -2.14. The van der Waals surface area contributed by atoms with Crippen molar-refractivity contribution in [3.8, 4) is 0 Å². The number of aromatic nitrogens is 2. The van der Waals surface area contributed by atoms with Crippen molar-refractivity contribution in [3.05, 3.63) is 18.0 Å². The van der Waals surface area contributed by atoms with Gasteiger partial charge in [-0.3, -0.25) is 4.79 Å². The molecule has 0 aliphatic heterocycles. The van der Waals surface area contributed by atoms with E-state index >= 15 is 0 Å². The van der Waals surface area contributed by atoms with E-state index in [-0.39, 0.29) is 11.9 Å². The van der Waals surface area contributed by atoms with E-state index in [9.17, 15) is 4.79 Å². The van der Waals surface area contributed by atoms with Crippen LogP contribution in [0.3, 0.4) is 0 Å². The molecule has 1 amide bonds. The van der Waals surface area contributed by atoms with Crippen molar-refractivity contribution in [2.24, 2.45) is 5.73 Å². The molecule has 1 atom stereocenters. The monoisotopic (exact) mass is 266 g/mol. The number of nitrogens with two attached hydrogens (primary N) is 1. The Balaban J connectivity index is 1.75. The minimum Gasteiger partial charge on any atom is -0.368 e. The number of nitrogens with one attached hydrogen (secondary N) is 1. The summed E-state index contributed by atoms with van der Waals surface area (Å²) < 4.78 is 0. The summed E-state index contributed by atoms with van der Waals surface area (Å²) in [5.41, 5.74) is 6.42. The lowest BCUT2D eigenvalue weighted by atomic mass is 10.2. The molecule has 1 aliphatic carbocycles. The molecule has 0 radical (unpaired) electrons. The molecule has 0 saturated heterocycles. The Morgan fingerprint density at radius 3 is 2.78 bits per heavy atom. The van der Waals surface area contributed by atoms with Crippen LogP contribution in [0, 0.1) is 6.92 Å². The van der Waals surface area contributed by atoms with Crippen molar-refractivity contribution in [2.75, 3.05) is 5.75 Å². The highest BCUT2D eigenvalue weighted by molar-refractivity contribution is 7.99. The minimum absolute atomic E-state index is 0.226. The molecule has 1 aliphatic rings. The summed E-state index contributed by atoms with van der Waals surface area (Å²) in [6.07, 6.45) is 6.61. The molecular weight excluding hydrogens is 248 g/mol. The maximum absolute atomic E-state index is 11.3. The molecule has 0 spiro atoms. The van der Waals surface area contributed by atoms with Gasteiger partial charge in [0.25, 0.3) is 0 Å². The normalized spacial score (nSPS) is 16.5. The quantitative estimate of drug-likeness (QED) is 0.565. The molecule has 0 aromatic carbocycles. The molecule has 1 unspecified atom stereocenters. The molecule has 1 heterocycles. The first-order valence-electron chi connectivity index (χ1n) is 6.12. The lowest BCUT2D eigenvalue weighted by Crippen LogP contribution is -2.42. The van der Waals surface area contributed by atoms with Gasteiger partial charge in [-0.1, -0.05) is 11.8 Å². The second kappa shape index (κ2) is 6.15. The van der Waals surface area contributed by atoms with Gasteiger partial charge in [0.15, 0.2) is 5.16 Å². The Hall–Kier alpha value is -1.14. The molecule has 1 aromatic heterocycles. The first-order valence-corrected chi connectivity index (χ1v) is 7.10. The zero-order valence-corrected chi connectivity index (χ0v) is 11.2. The number of carbonyl (C=O) groups excluding carboxylic acids is 1. The van der Waals surface area contributed by atoms with Gasteiger partial charge >= 0.3 is 0 Å². The predicted molar refractivity (Wildman–Crippen MR) is 71.3 cm³/mol. The number of rotatable bonds is 7. The number of carbonyl (C=O) groups is 1. The number of aryl methyl sites for hydroxylation is 1. The fraction of sp³-hybridized carbons (Fsp3) is 0.583. The lowest BCUT2D eigenvalue weighted by molar-refractivity contribution is -0.120. The van der Waals surface area contributed by atoms with Crippen LogP contribution in [0.1, 0.15) is 24.8 Å². The van der Waals surface area contributed by atoms with Crippen molar-refractivity contribution in [2.45, 2.75) is 43.4 Å². The molecule has 1 fully saturated rings. The number of thioether (sulfide) groups is 1. The summed E-state index contributed by atoms with van der Waals surface area (Å²) in [4.78, 5) is 19.7. The maximum Gasteiger partial charge on any atom is 0.234 e. The van der Waals surface area contributed by atoms with Crippen LogP contribution in [-0.2, 0) is 4.79 Å². The first kappa shape index (κ1) is 13.3. The smallest absolute Gasteiger partial charge is 0.234 e. The van der Waals surface area contributed by atoms with Crippen LogP contribution < -0.4 is 11.1 Å². The van der Waals surface area contributed by atoms with Gasteiger partial charge in [0.1, 0.15) is 0 Å². The summed E-state index contributed by atoms with van der Waals surface area (Å²) in [6.45, 7) is 1.96. The number of nitrogens with zero attached hydrogens (tertiary/aromatic N) is 2. The second-order valence-electron chi connectivity index (χ2n) is 4.58. The Kier molecular flexibility index (Phi) is 4.54. The highest BCUT2D eigenvalue weighted by Gasteiger charge is 2.26. The van der Waals surface area contributed by atoms with Crippen LogP contribution in [0.2, 0.25) is 0 Å². The van der Waals surface area contributed by atoms with Gasteiger partial charge in [-0.25, -0.2) is 9.97 Å². The molecular formula is C12H18N4OS. The van der Waals surface area contributed by atoms with Gasteiger partial charge in [-0.2, -0.15) is 0 Å². The fourth-order valence-electron chi connectivity index (χ4n) is 1.57. The second-order valence-corrected chi connectivity index (χ2v) is 5.64. The van der Waals surface area contributed by atoms with Crippen LogP contribution in [0.4, 0.5) is 0 Å². The van der Waals surface area contributed by atoms with Crippen LogP contribution in [-0.4, -0.2) is 33.7 Å². The Morgan fingerprint density at radius 2 is 2.22 bits per heavy atom. The Morgan fingerprint density at radius 1 is 1.56 bits per heavy atom. The average molecular weight is 266 g/mol. The van der Waals surface area contributed by atoms with Crippen LogP contribution in [0.5, 0.6) is 0 Å². The van der Waals surface area contributed by atoms with Crippen molar-refractivity contribution >= 4 is 17.7 Å². The van der Waals surface area contributed by atoms with Gasteiger partial charge in [-0.05, 0) is 31.7 Å². The molecule has 6 heteroatoms. The molecule has 1 aromatic rings. The van der Waals surface area contributed by atoms with Gasteiger partial charge < -0.3 is 11.1 Å². The third kappa shape index (κ3) is 4.27. The maximum atomic E-state index is 11.3. The summed E-state index contributed by atoms with van der Waals surface area (Å²) in [5, 5.41) is 4.00. The molecule has 18 heavy (non-hydrogen) atoms. The zero-order valence-electron chi connectivity index (χ0n) is 10.4. The van der Waals surface area contributed by atoms with E-state index in [4.69, 9.17) is 5.73 Å². The van der Waals surface area contributed by atoms with Crippen LogP contribution in [0.25, 0.3) is 0 Å². The van der Waals surface area contributed by atoms with E-state index in [0.29, 0.717) is 12.5 Å². The number of amides is 1. The number of hydrogen-bond donors (Lipinski definition) is 2. The highest BCUT2D eigenvalue weighted by Crippen LogP contribution is 2.21. The van der Waals surface area contributed by atoms with E-state index in [1.165, 1.54) is 0 Å². The van der Waals surface area contributed by atoms with Crippen molar-refractivity contribution < 1.29 is 4.79 Å². The molecule has 1 saturated carbocycles. The van der Waals surface area contributed by atoms with Gasteiger partial charge in [0.05, 0.1) is 6.04 Å². The molecule has 0 bridgehead atoms. The van der Waals surface area contributed by atoms with Gasteiger partial charge in [0, 0.05) is 24.2 Å². The third-order valence-electron chi connectivity index (χ3n) is 2.75. The zero-order chi connectivity index (χ0) is 13.0. The minimum atomic E-state index is -0.271. The van der Waals surface area contributed by atoms with Gasteiger partial charge in [0.2, 0.25) is 5.91 Å². The number of hydrogen-bond acceptors (Lipinski definition) is 5. The third-order valence-corrected chi connectivity index (χ3v) is 3.66. The fourth-order valence-corrected chi connectivity index (χ4v) is 2.36. The highest BCUT2D eigenvalue weighted by atomic mass is 32.2. The van der Waals surface area contributed by atoms with E-state index in [1.807, 2.05) is 6.92 Å². The summed E-state index contributed by atoms with van der Waals surface area (Å²) in [5.74, 6) is 0.517.